The SMILES string of the molecule is COc1cc(C)c(NC(=O)c2ccc(S(=O)(=O)NC3CC3)cc2)cc1OC. The van der Waals surface area contributed by atoms with Crippen LogP contribution in [0.3, 0.4) is 0 Å². The smallest absolute Gasteiger partial charge is 0.255 e. The molecule has 27 heavy (non-hydrogen) atoms. The number of hydrogen-bond acceptors (Lipinski definition) is 5. The minimum absolute atomic E-state index is 0.0333. The number of amides is 1. The van der Waals surface area contributed by atoms with Crippen LogP contribution in [0.4, 0.5) is 5.69 Å². The molecule has 0 atom stereocenters. The molecule has 0 spiro atoms. The number of sulfonamides is 1. The van der Waals surface area contributed by atoms with Gasteiger partial charge in [-0.3, -0.25) is 4.79 Å². The van der Waals surface area contributed by atoms with Gasteiger partial charge in [-0.05, 0) is 55.7 Å². The lowest BCUT2D eigenvalue weighted by Crippen LogP contribution is -2.25. The molecule has 2 aromatic carbocycles. The van der Waals surface area contributed by atoms with Crippen molar-refractivity contribution < 1.29 is 22.7 Å². The Morgan fingerprint density at radius 2 is 1.63 bits per heavy atom. The molecular weight excluding hydrogens is 368 g/mol. The van der Waals surface area contributed by atoms with Crippen molar-refractivity contribution >= 4 is 21.6 Å². The standard InChI is InChI=1S/C19H22N2O5S/c1-12-10-17(25-2)18(26-3)11-16(12)20-19(22)13-4-8-15(9-5-13)27(23,24)21-14-6-7-14/h4-5,8-11,14,21H,6-7H2,1-3H3,(H,20,22). The summed E-state index contributed by atoms with van der Waals surface area (Å²) in [6.07, 6.45) is 1.73. The van der Waals surface area contributed by atoms with Gasteiger partial charge in [-0.1, -0.05) is 0 Å². The molecule has 8 heteroatoms. The minimum atomic E-state index is -3.53. The first-order valence-corrected chi connectivity index (χ1v) is 9.98. The number of hydrogen-bond donors (Lipinski definition) is 2. The number of carbonyl (C=O) groups excluding carboxylic acids is 1. The number of rotatable bonds is 7. The van der Waals surface area contributed by atoms with Gasteiger partial charge in [0.2, 0.25) is 10.0 Å². The summed E-state index contributed by atoms with van der Waals surface area (Å²) in [5.41, 5.74) is 1.76. The molecule has 1 aliphatic rings. The molecule has 0 radical (unpaired) electrons. The van der Waals surface area contributed by atoms with Crippen LogP contribution in [0.1, 0.15) is 28.8 Å². The van der Waals surface area contributed by atoms with E-state index in [-0.39, 0.29) is 16.8 Å². The van der Waals surface area contributed by atoms with Crippen molar-refractivity contribution in [2.45, 2.75) is 30.7 Å². The largest absolute Gasteiger partial charge is 0.493 e. The summed E-state index contributed by atoms with van der Waals surface area (Å²) in [5.74, 6) is 0.737. The first-order valence-electron chi connectivity index (χ1n) is 8.50. The van der Waals surface area contributed by atoms with Gasteiger partial charge < -0.3 is 14.8 Å². The van der Waals surface area contributed by atoms with Gasteiger partial charge in [0.05, 0.1) is 19.1 Å². The third-order valence-electron chi connectivity index (χ3n) is 4.30. The second-order valence-electron chi connectivity index (χ2n) is 6.40. The van der Waals surface area contributed by atoms with Crippen molar-refractivity contribution in [1.29, 1.82) is 0 Å². The average Bonchev–Trinajstić information content (AvgIpc) is 3.46. The fraction of sp³-hybridized carbons (Fsp3) is 0.316. The summed E-state index contributed by atoms with van der Waals surface area (Å²) < 4.78 is 37.5. The van der Waals surface area contributed by atoms with E-state index < -0.39 is 10.0 Å². The first-order chi connectivity index (χ1) is 12.8. The van der Waals surface area contributed by atoms with Crippen LogP contribution in [-0.4, -0.2) is 34.6 Å². The second-order valence-corrected chi connectivity index (χ2v) is 8.11. The predicted molar refractivity (Wildman–Crippen MR) is 102 cm³/mol. The van der Waals surface area contributed by atoms with Crippen molar-refractivity contribution in [2.24, 2.45) is 0 Å². The summed E-state index contributed by atoms with van der Waals surface area (Å²) in [4.78, 5) is 12.7. The monoisotopic (exact) mass is 390 g/mol. The Morgan fingerprint density at radius 1 is 1.04 bits per heavy atom. The maximum atomic E-state index is 12.5. The normalized spacial score (nSPS) is 13.9. The molecule has 0 aromatic heterocycles. The zero-order chi connectivity index (χ0) is 19.6. The lowest BCUT2D eigenvalue weighted by Gasteiger charge is -2.14. The molecule has 144 valence electrons. The topological polar surface area (TPSA) is 93.7 Å². The zero-order valence-corrected chi connectivity index (χ0v) is 16.2. The molecule has 2 aromatic rings. The lowest BCUT2D eigenvalue weighted by molar-refractivity contribution is 0.102. The van der Waals surface area contributed by atoms with E-state index in [0.717, 1.165) is 18.4 Å². The van der Waals surface area contributed by atoms with E-state index in [1.807, 2.05) is 6.92 Å². The molecule has 3 rings (SSSR count). The average molecular weight is 390 g/mol. The van der Waals surface area contributed by atoms with E-state index >= 15 is 0 Å². The fourth-order valence-corrected chi connectivity index (χ4v) is 3.89. The van der Waals surface area contributed by atoms with Gasteiger partial charge >= 0.3 is 0 Å². The van der Waals surface area contributed by atoms with E-state index in [1.165, 1.54) is 31.4 Å². The number of nitrogens with one attached hydrogen (secondary N) is 2. The second kappa shape index (κ2) is 7.58. The Kier molecular flexibility index (Phi) is 5.38. The molecule has 0 saturated heterocycles. The molecule has 1 fully saturated rings. The molecule has 1 saturated carbocycles. The van der Waals surface area contributed by atoms with E-state index in [4.69, 9.17) is 9.47 Å². The molecule has 7 nitrogen and oxygen atoms in total. The quantitative estimate of drug-likeness (QED) is 0.758. The minimum Gasteiger partial charge on any atom is -0.493 e. The Bertz CT molecular complexity index is 951. The van der Waals surface area contributed by atoms with E-state index in [0.29, 0.717) is 22.7 Å². The molecule has 0 aliphatic heterocycles. The Labute approximate surface area is 158 Å². The van der Waals surface area contributed by atoms with Crippen LogP contribution in [0, 0.1) is 6.92 Å². The van der Waals surface area contributed by atoms with Gasteiger partial charge in [0.15, 0.2) is 11.5 Å². The highest BCUT2D eigenvalue weighted by molar-refractivity contribution is 7.89. The van der Waals surface area contributed by atoms with Crippen molar-refractivity contribution in [2.75, 3.05) is 19.5 Å². The van der Waals surface area contributed by atoms with Crippen molar-refractivity contribution in [3.8, 4) is 11.5 Å². The molecule has 1 amide bonds. The van der Waals surface area contributed by atoms with Gasteiger partial charge in [-0.15, -0.1) is 0 Å². The number of methoxy groups -OCH3 is 2. The van der Waals surface area contributed by atoms with Crippen molar-refractivity contribution in [1.82, 2.24) is 4.72 Å². The van der Waals surface area contributed by atoms with Crippen LogP contribution >= 0.6 is 0 Å². The van der Waals surface area contributed by atoms with Crippen LogP contribution in [0.5, 0.6) is 11.5 Å². The van der Waals surface area contributed by atoms with E-state index in [1.54, 1.807) is 19.2 Å². The van der Waals surface area contributed by atoms with Gasteiger partial charge in [-0.2, -0.15) is 0 Å². The van der Waals surface area contributed by atoms with Crippen LogP contribution < -0.4 is 19.5 Å². The number of anilines is 1. The number of ether oxygens (including phenoxy) is 2. The maximum absolute atomic E-state index is 12.5. The molecule has 0 bridgehead atoms. The molecule has 1 aliphatic carbocycles. The molecule has 0 heterocycles. The Balaban J connectivity index is 1.76. The van der Waals surface area contributed by atoms with Gasteiger partial charge in [-0.25, -0.2) is 13.1 Å². The maximum Gasteiger partial charge on any atom is 0.255 e. The summed E-state index contributed by atoms with van der Waals surface area (Å²) >= 11 is 0. The molecule has 2 N–H and O–H groups in total. The highest BCUT2D eigenvalue weighted by Gasteiger charge is 2.28. The highest BCUT2D eigenvalue weighted by Crippen LogP contribution is 2.33. The third-order valence-corrected chi connectivity index (χ3v) is 5.84. The van der Waals surface area contributed by atoms with Gasteiger partial charge in [0.25, 0.3) is 5.91 Å². The van der Waals surface area contributed by atoms with Gasteiger partial charge in [0.1, 0.15) is 0 Å². The van der Waals surface area contributed by atoms with E-state index in [9.17, 15) is 13.2 Å². The predicted octanol–water partition coefficient (Wildman–Crippen LogP) is 2.71. The van der Waals surface area contributed by atoms with Crippen LogP contribution in [-0.2, 0) is 10.0 Å². The van der Waals surface area contributed by atoms with Crippen LogP contribution in [0.2, 0.25) is 0 Å². The number of benzene rings is 2. The number of carbonyl (C=O) groups is 1. The molecular formula is C19H22N2O5S. The van der Waals surface area contributed by atoms with Crippen molar-refractivity contribution in [3.63, 3.8) is 0 Å². The van der Waals surface area contributed by atoms with Gasteiger partial charge in [0, 0.05) is 23.4 Å². The fourth-order valence-electron chi connectivity index (χ4n) is 2.58. The Morgan fingerprint density at radius 3 is 2.19 bits per heavy atom. The third kappa shape index (κ3) is 4.40. The first kappa shape index (κ1) is 19.2. The number of aryl methyl sites for hydroxylation is 1. The summed E-state index contributed by atoms with van der Waals surface area (Å²) in [7, 11) is -0.468. The van der Waals surface area contributed by atoms with Crippen LogP contribution in [0.15, 0.2) is 41.3 Å². The summed E-state index contributed by atoms with van der Waals surface area (Å²) in [5, 5.41) is 2.81. The lowest BCUT2D eigenvalue weighted by atomic mass is 10.1. The summed E-state index contributed by atoms with van der Waals surface area (Å²) in [6.45, 7) is 1.84. The van der Waals surface area contributed by atoms with Crippen LogP contribution in [0.25, 0.3) is 0 Å². The zero-order valence-electron chi connectivity index (χ0n) is 15.4. The summed E-state index contributed by atoms with van der Waals surface area (Å²) in [6, 6.07) is 9.34. The van der Waals surface area contributed by atoms with E-state index in [2.05, 4.69) is 10.0 Å². The van der Waals surface area contributed by atoms with Crippen molar-refractivity contribution in [3.05, 3.63) is 47.5 Å². The molecule has 0 unspecified atom stereocenters. The highest BCUT2D eigenvalue weighted by atomic mass is 32.2. The Hall–Kier alpha value is -2.58.